The highest BCUT2D eigenvalue weighted by Crippen LogP contribution is 2.13. The van der Waals surface area contributed by atoms with E-state index in [1.165, 1.54) is 0 Å². The van der Waals surface area contributed by atoms with Crippen LogP contribution in [0.25, 0.3) is 0 Å². The first kappa shape index (κ1) is 9.26. The van der Waals surface area contributed by atoms with E-state index in [0.29, 0.717) is 18.4 Å². The molecule has 0 aromatic rings. The van der Waals surface area contributed by atoms with Crippen LogP contribution >= 0.6 is 0 Å². The fourth-order valence-corrected chi connectivity index (χ4v) is 1.32. The van der Waals surface area contributed by atoms with Crippen molar-refractivity contribution in [2.45, 2.75) is 19.9 Å². The lowest BCUT2D eigenvalue weighted by Gasteiger charge is -2.26. The molecule has 0 saturated heterocycles. The molecule has 2 atom stereocenters. The second-order valence-electron chi connectivity index (χ2n) is 3.59. The standard InChI is InChI=1S/C9H16N2O/c1-6(2)9(10)7-3-4-8(12)11-5-7/h3-4,6-7,9H,5,10H2,1-2H3,(H,11,12). The Hall–Kier alpha value is -0.830. The van der Waals surface area contributed by atoms with Crippen molar-refractivity contribution >= 4 is 5.91 Å². The summed E-state index contributed by atoms with van der Waals surface area (Å²) >= 11 is 0. The van der Waals surface area contributed by atoms with E-state index in [4.69, 9.17) is 5.73 Å². The Morgan fingerprint density at radius 1 is 1.67 bits per heavy atom. The Kier molecular flexibility index (Phi) is 2.87. The van der Waals surface area contributed by atoms with Gasteiger partial charge >= 0.3 is 0 Å². The van der Waals surface area contributed by atoms with E-state index in [2.05, 4.69) is 19.2 Å². The van der Waals surface area contributed by atoms with E-state index in [0.717, 1.165) is 0 Å². The zero-order valence-corrected chi connectivity index (χ0v) is 7.58. The van der Waals surface area contributed by atoms with E-state index < -0.39 is 0 Å². The average Bonchev–Trinajstić information content (AvgIpc) is 2.04. The van der Waals surface area contributed by atoms with Crippen LogP contribution in [0.5, 0.6) is 0 Å². The van der Waals surface area contributed by atoms with E-state index >= 15 is 0 Å². The van der Waals surface area contributed by atoms with Crippen molar-refractivity contribution in [3.63, 3.8) is 0 Å². The Labute approximate surface area is 73.0 Å². The van der Waals surface area contributed by atoms with Crippen LogP contribution in [0.3, 0.4) is 0 Å². The lowest BCUT2D eigenvalue weighted by atomic mass is 9.89. The third-order valence-corrected chi connectivity index (χ3v) is 2.27. The molecule has 1 amide bonds. The first-order chi connectivity index (χ1) is 5.61. The van der Waals surface area contributed by atoms with Gasteiger partial charge in [0.05, 0.1) is 0 Å². The first-order valence-corrected chi connectivity index (χ1v) is 4.33. The quantitative estimate of drug-likeness (QED) is 0.622. The molecule has 1 aliphatic rings. The van der Waals surface area contributed by atoms with Crippen molar-refractivity contribution < 1.29 is 4.79 Å². The maximum Gasteiger partial charge on any atom is 0.243 e. The van der Waals surface area contributed by atoms with Gasteiger partial charge < -0.3 is 11.1 Å². The predicted molar refractivity (Wildman–Crippen MR) is 48.5 cm³/mol. The van der Waals surface area contributed by atoms with Gasteiger partial charge in [0.1, 0.15) is 0 Å². The van der Waals surface area contributed by atoms with Gasteiger partial charge in [-0.15, -0.1) is 0 Å². The van der Waals surface area contributed by atoms with Crippen molar-refractivity contribution in [2.24, 2.45) is 17.6 Å². The summed E-state index contributed by atoms with van der Waals surface area (Å²) < 4.78 is 0. The number of hydrogen-bond acceptors (Lipinski definition) is 2. The van der Waals surface area contributed by atoms with Gasteiger partial charge in [-0.05, 0) is 12.0 Å². The van der Waals surface area contributed by atoms with Gasteiger partial charge in [0.2, 0.25) is 5.91 Å². The molecule has 0 spiro atoms. The average molecular weight is 168 g/mol. The molecule has 3 heteroatoms. The number of carbonyl (C=O) groups excluding carboxylic acids is 1. The lowest BCUT2D eigenvalue weighted by Crippen LogP contribution is -2.43. The van der Waals surface area contributed by atoms with Crippen LogP contribution in [-0.4, -0.2) is 18.5 Å². The normalized spacial score (nSPS) is 25.7. The predicted octanol–water partition coefficient (Wildman–Crippen LogP) is 0.272. The minimum absolute atomic E-state index is 0.0118. The van der Waals surface area contributed by atoms with Crippen LogP contribution in [0.4, 0.5) is 0 Å². The molecule has 0 radical (unpaired) electrons. The maximum absolute atomic E-state index is 10.8. The fraction of sp³-hybridized carbons (Fsp3) is 0.667. The van der Waals surface area contributed by atoms with Crippen LogP contribution in [0.2, 0.25) is 0 Å². The highest BCUT2D eigenvalue weighted by molar-refractivity contribution is 5.88. The number of rotatable bonds is 2. The molecule has 2 unspecified atom stereocenters. The molecule has 12 heavy (non-hydrogen) atoms. The van der Waals surface area contributed by atoms with E-state index in [-0.39, 0.29) is 11.9 Å². The Morgan fingerprint density at radius 3 is 2.75 bits per heavy atom. The Bertz CT molecular complexity index is 199. The highest BCUT2D eigenvalue weighted by atomic mass is 16.1. The van der Waals surface area contributed by atoms with Crippen molar-refractivity contribution in [3.05, 3.63) is 12.2 Å². The van der Waals surface area contributed by atoms with Gasteiger partial charge in [-0.3, -0.25) is 4.79 Å². The Balaban J connectivity index is 2.54. The minimum atomic E-state index is -0.0118. The molecule has 1 rings (SSSR count). The summed E-state index contributed by atoms with van der Waals surface area (Å²) in [5.41, 5.74) is 5.93. The third kappa shape index (κ3) is 2.08. The molecule has 0 aliphatic carbocycles. The van der Waals surface area contributed by atoms with E-state index in [1.54, 1.807) is 6.08 Å². The zero-order chi connectivity index (χ0) is 9.14. The van der Waals surface area contributed by atoms with Gasteiger partial charge in [-0.2, -0.15) is 0 Å². The number of amides is 1. The molecule has 68 valence electrons. The van der Waals surface area contributed by atoms with Crippen LogP contribution in [-0.2, 0) is 4.79 Å². The summed E-state index contributed by atoms with van der Waals surface area (Å²) in [5.74, 6) is 0.736. The Morgan fingerprint density at radius 2 is 2.33 bits per heavy atom. The molecule has 3 N–H and O–H groups in total. The molecular formula is C9H16N2O. The molecule has 1 aliphatic heterocycles. The lowest BCUT2D eigenvalue weighted by molar-refractivity contribution is -0.117. The van der Waals surface area contributed by atoms with Crippen molar-refractivity contribution in [1.82, 2.24) is 5.32 Å². The van der Waals surface area contributed by atoms with E-state index in [1.807, 2.05) is 6.08 Å². The summed E-state index contributed by atoms with van der Waals surface area (Å²) in [4.78, 5) is 10.8. The molecule has 0 aromatic heterocycles. The number of nitrogens with one attached hydrogen (secondary N) is 1. The molecule has 0 bridgehead atoms. The topological polar surface area (TPSA) is 55.1 Å². The number of hydrogen-bond donors (Lipinski definition) is 2. The molecule has 0 saturated carbocycles. The van der Waals surface area contributed by atoms with Crippen LogP contribution in [0.1, 0.15) is 13.8 Å². The third-order valence-electron chi connectivity index (χ3n) is 2.27. The fourth-order valence-electron chi connectivity index (χ4n) is 1.32. The monoisotopic (exact) mass is 168 g/mol. The minimum Gasteiger partial charge on any atom is -0.352 e. The van der Waals surface area contributed by atoms with Gasteiger partial charge in [0.15, 0.2) is 0 Å². The van der Waals surface area contributed by atoms with Gasteiger partial charge in [0, 0.05) is 18.5 Å². The van der Waals surface area contributed by atoms with E-state index in [9.17, 15) is 4.79 Å². The first-order valence-electron chi connectivity index (χ1n) is 4.33. The van der Waals surface area contributed by atoms with Crippen LogP contribution in [0.15, 0.2) is 12.2 Å². The number of nitrogens with two attached hydrogens (primary N) is 1. The summed E-state index contributed by atoms with van der Waals surface area (Å²) in [7, 11) is 0. The van der Waals surface area contributed by atoms with Crippen molar-refractivity contribution in [3.8, 4) is 0 Å². The summed E-state index contributed by atoms with van der Waals surface area (Å²) in [6.45, 7) is 4.86. The SMILES string of the molecule is CC(C)C(N)C1C=CC(=O)NC1. The maximum atomic E-state index is 10.8. The summed E-state index contributed by atoms with van der Waals surface area (Å²) in [5, 5.41) is 2.76. The molecule has 3 nitrogen and oxygen atoms in total. The largest absolute Gasteiger partial charge is 0.352 e. The smallest absolute Gasteiger partial charge is 0.243 e. The van der Waals surface area contributed by atoms with Crippen molar-refractivity contribution in [2.75, 3.05) is 6.54 Å². The highest BCUT2D eigenvalue weighted by Gasteiger charge is 2.21. The molecule has 0 fully saturated rings. The molecule has 1 heterocycles. The summed E-state index contributed by atoms with van der Waals surface area (Å²) in [6.07, 6.45) is 3.47. The second kappa shape index (κ2) is 3.72. The molecular weight excluding hydrogens is 152 g/mol. The summed E-state index contributed by atoms with van der Waals surface area (Å²) in [6, 6.07) is 0.141. The van der Waals surface area contributed by atoms with Crippen LogP contribution in [0, 0.1) is 11.8 Å². The van der Waals surface area contributed by atoms with Gasteiger partial charge in [0.25, 0.3) is 0 Å². The second-order valence-corrected chi connectivity index (χ2v) is 3.59. The zero-order valence-electron chi connectivity index (χ0n) is 7.58. The molecule has 0 aromatic carbocycles. The van der Waals surface area contributed by atoms with Crippen LogP contribution < -0.4 is 11.1 Å². The number of carbonyl (C=O) groups is 1. The van der Waals surface area contributed by atoms with Gasteiger partial charge in [-0.1, -0.05) is 19.9 Å². The van der Waals surface area contributed by atoms with Crippen molar-refractivity contribution in [1.29, 1.82) is 0 Å². The van der Waals surface area contributed by atoms with Gasteiger partial charge in [-0.25, -0.2) is 0 Å².